The second-order valence-electron chi connectivity index (χ2n) is 6.57. The van der Waals surface area contributed by atoms with Crippen LogP contribution in [-0.2, 0) is 6.42 Å². The Kier molecular flexibility index (Phi) is 3.12. The van der Waals surface area contributed by atoms with Crippen LogP contribution < -0.4 is 4.74 Å². The van der Waals surface area contributed by atoms with Gasteiger partial charge in [0.25, 0.3) is 0 Å². The van der Waals surface area contributed by atoms with Gasteiger partial charge in [0.15, 0.2) is 17.6 Å². The number of aromatic hydroxyl groups is 3. The first-order chi connectivity index (χ1) is 13.0. The van der Waals surface area contributed by atoms with Gasteiger partial charge in [-0.2, -0.15) is 0 Å². The molecule has 27 heavy (non-hydrogen) atoms. The Bertz CT molecular complexity index is 1220. The van der Waals surface area contributed by atoms with Crippen molar-refractivity contribution in [3.05, 3.63) is 59.7 Å². The van der Waals surface area contributed by atoms with Crippen molar-refractivity contribution in [2.45, 2.75) is 12.5 Å². The highest BCUT2D eigenvalue weighted by atomic mass is 16.5. The van der Waals surface area contributed by atoms with Crippen LogP contribution in [0.4, 0.5) is 0 Å². The lowest BCUT2D eigenvalue weighted by Gasteiger charge is -2.09. The number of Topliss-reactive ketones (excluding diaryl/α,β-unsaturated/α-hetero) is 1. The lowest BCUT2D eigenvalue weighted by molar-refractivity contribution is 0.0857. The van der Waals surface area contributed by atoms with E-state index < -0.39 is 6.10 Å². The Morgan fingerprint density at radius 1 is 0.889 bits per heavy atom. The molecule has 1 aliphatic heterocycles. The minimum absolute atomic E-state index is 0.110. The number of hydrogen-bond donors (Lipinski definition) is 3. The number of phenolic OH excluding ortho intramolecular Hbond substituents is 3. The summed E-state index contributed by atoms with van der Waals surface area (Å²) in [7, 11) is 0. The van der Waals surface area contributed by atoms with Gasteiger partial charge >= 0.3 is 0 Å². The predicted molar refractivity (Wildman–Crippen MR) is 97.6 cm³/mol. The number of ketones is 1. The van der Waals surface area contributed by atoms with Crippen molar-refractivity contribution in [1.82, 2.24) is 0 Å². The van der Waals surface area contributed by atoms with Gasteiger partial charge < -0.3 is 24.5 Å². The van der Waals surface area contributed by atoms with Gasteiger partial charge in [-0.3, -0.25) is 4.79 Å². The van der Waals surface area contributed by atoms with Gasteiger partial charge in [0.2, 0.25) is 5.78 Å². The summed E-state index contributed by atoms with van der Waals surface area (Å²) in [4.78, 5) is 12.8. The third-order valence-electron chi connectivity index (χ3n) is 4.85. The molecule has 0 amide bonds. The number of furan rings is 1. The first-order valence-corrected chi connectivity index (χ1v) is 8.42. The molecular weight excluding hydrogens is 348 g/mol. The summed E-state index contributed by atoms with van der Waals surface area (Å²) in [6.07, 6.45) is -0.383. The minimum atomic E-state index is -0.755. The molecule has 0 spiro atoms. The molecule has 0 saturated carbocycles. The van der Waals surface area contributed by atoms with Crippen LogP contribution in [0.1, 0.15) is 15.9 Å². The first-order valence-electron chi connectivity index (χ1n) is 8.42. The normalized spacial score (nSPS) is 16.0. The molecule has 6 nitrogen and oxygen atoms in total. The van der Waals surface area contributed by atoms with Crippen LogP contribution >= 0.6 is 0 Å². The standard InChI is InChI=1S/C21H14O6/c22-12-7-11-15(8-13(12)23)26-16-9-14(24)19-20(25)17(27-21(19)18(11)16)6-10-4-2-1-3-5-10/h1-5,7-9,17,22-24H,6H2. The van der Waals surface area contributed by atoms with Crippen LogP contribution in [0.25, 0.3) is 21.9 Å². The van der Waals surface area contributed by atoms with Crippen molar-refractivity contribution in [1.29, 1.82) is 0 Å². The molecule has 3 aromatic carbocycles. The van der Waals surface area contributed by atoms with E-state index in [2.05, 4.69) is 0 Å². The Balaban J connectivity index is 1.69. The van der Waals surface area contributed by atoms with Crippen molar-refractivity contribution in [2.24, 2.45) is 0 Å². The number of ether oxygens (including phenoxy) is 1. The maximum Gasteiger partial charge on any atom is 0.211 e. The highest BCUT2D eigenvalue weighted by Crippen LogP contribution is 2.47. The van der Waals surface area contributed by atoms with Gasteiger partial charge in [-0.25, -0.2) is 0 Å². The summed E-state index contributed by atoms with van der Waals surface area (Å²) >= 11 is 0. The molecule has 6 heteroatoms. The highest BCUT2D eigenvalue weighted by Gasteiger charge is 2.38. The third-order valence-corrected chi connectivity index (χ3v) is 4.85. The molecule has 4 aromatic rings. The number of phenols is 3. The third kappa shape index (κ3) is 2.23. The minimum Gasteiger partial charge on any atom is -0.507 e. The van der Waals surface area contributed by atoms with Crippen LogP contribution in [-0.4, -0.2) is 27.2 Å². The average molecular weight is 362 g/mol. The molecule has 3 N–H and O–H groups in total. The number of benzene rings is 3. The molecule has 1 aliphatic rings. The number of hydrogen-bond acceptors (Lipinski definition) is 6. The number of carbonyl (C=O) groups excluding carboxylic acids is 1. The van der Waals surface area contributed by atoms with Crippen molar-refractivity contribution in [3.8, 4) is 23.0 Å². The van der Waals surface area contributed by atoms with Crippen LogP contribution in [0.5, 0.6) is 23.0 Å². The summed E-state index contributed by atoms with van der Waals surface area (Å²) in [5, 5.41) is 30.9. The van der Waals surface area contributed by atoms with Crippen LogP contribution in [0.3, 0.4) is 0 Å². The zero-order valence-electron chi connectivity index (χ0n) is 14.0. The molecule has 1 atom stereocenters. The van der Waals surface area contributed by atoms with E-state index in [-0.39, 0.29) is 34.3 Å². The molecule has 5 rings (SSSR count). The molecular formula is C21H14O6. The van der Waals surface area contributed by atoms with Crippen molar-refractivity contribution >= 4 is 27.7 Å². The molecule has 1 unspecified atom stereocenters. The summed E-state index contributed by atoms with van der Waals surface area (Å²) < 4.78 is 11.6. The van der Waals surface area contributed by atoms with E-state index in [4.69, 9.17) is 9.15 Å². The molecule has 0 aliphatic carbocycles. The monoisotopic (exact) mass is 362 g/mol. The number of carbonyl (C=O) groups is 1. The molecule has 0 radical (unpaired) electrons. The molecule has 0 saturated heterocycles. The smallest absolute Gasteiger partial charge is 0.211 e. The largest absolute Gasteiger partial charge is 0.507 e. The maximum atomic E-state index is 12.8. The van der Waals surface area contributed by atoms with E-state index in [0.29, 0.717) is 28.4 Å². The molecule has 0 fully saturated rings. The van der Waals surface area contributed by atoms with E-state index >= 15 is 0 Å². The van der Waals surface area contributed by atoms with E-state index in [0.717, 1.165) is 5.56 Å². The molecule has 2 heterocycles. The maximum absolute atomic E-state index is 12.8. The second-order valence-corrected chi connectivity index (χ2v) is 6.57. The van der Waals surface area contributed by atoms with E-state index in [1.165, 1.54) is 18.2 Å². The van der Waals surface area contributed by atoms with Crippen LogP contribution in [0.2, 0.25) is 0 Å². The summed E-state index contributed by atoms with van der Waals surface area (Å²) in [6, 6.07) is 13.5. The van der Waals surface area contributed by atoms with Gasteiger partial charge in [0.05, 0.1) is 5.39 Å². The fourth-order valence-electron chi connectivity index (χ4n) is 3.59. The van der Waals surface area contributed by atoms with Gasteiger partial charge in [-0.05, 0) is 11.6 Å². The zero-order valence-corrected chi connectivity index (χ0v) is 14.0. The number of rotatable bonds is 2. The van der Waals surface area contributed by atoms with Gasteiger partial charge in [-0.1, -0.05) is 30.3 Å². The van der Waals surface area contributed by atoms with E-state index in [1.807, 2.05) is 30.3 Å². The van der Waals surface area contributed by atoms with E-state index in [9.17, 15) is 20.1 Å². The van der Waals surface area contributed by atoms with Crippen LogP contribution in [0.15, 0.2) is 52.9 Å². The lowest BCUT2D eigenvalue weighted by Crippen LogP contribution is -2.23. The molecule has 134 valence electrons. The van der Waals surface area contributed by atoms with E-state index in [1.54, 1.807) is 0 Å². The number of fused-ring (bicyclic) bond motifs is 5. The van der Waals surface area contributed by atoms with Gasteiger partial charge in [0.1, 0.15) is 28.2 Å². The Morgan fingerprint density at radius 3 is 2.37 bits per heavy atom. The lowest BCUT2D eigenvalue weighted by atomic mass is 10.00. The fourth-order valence-corrected chi connectivity index (χ4v) is 3.59. The Morgan fingerprint density at radius 2 is 1.59 bits per heavy atom. The summed E-state index contributed by atoms with van der Waals surface area (Å²) in [6.45, 7) is 0. The molecule has 1 aromatic heterocycles. The topological polar surface area (TPSA) is 100 Å². The van der Waals surface area contributed by atoms with Crippen molar-refractivity contribution in [2.75, 3.05) is 0 Å². The fraction of sp³-hybridized carbons (Fsp3) is 0.0952. The summed E-state index contributed by atoms with van der Waals surface area (Å²) in [5.74, 6) is -0.908. The SMILES string of the molecule is O=C1c2c(O)cc3oc4cc(O)c(O)cc4c3c2OC1Cc1ccccc1. The van der Waals surface area contributed by atoms with Gasteiger partial charge in [0, 0.05) is 23.9 Å². The predicted octanol–water partition coefficient (Wildman–Crippen LogP) is 3.89. The van der Waals surface area contributed by atoms with Gasteiger partial charge in [-0.15, -0.1) is 0 Å². The Hall–Kier alpha value is -3.67. The van der Waals surface area contributed by atoms with Crippen LogP contribution in [0, 0.1) is 0 Å². The average Bonchev–Trinajstić information content (AvgIpc) is 3.14. The first kappa shape index (κ1) is 15.6. The second kappa shape index (κ2) is 5.41. The van der Waals surface area contributed by atoms with Crippen molar-refractivity contribution in [3.63, 3.8) is 0 Å². The summed E-state index contributed by atoms with van der Waals surface area (Å²) in [5.41, 5.74) is 1.67. The quantitative estimate of drug-likeness (QED) is 0.468. The van der Waals surface area contributed by atoms with Crippen molar-refractivity contribution < 1.29 is 29.3 Å². The molecule has 0 bridgehead atoms. The highest BCUT2D eigenvalue weighted by molar-refractivity contribution is 6.18. The zero-order chi connectivity index (χ0) is 18.7. The Labute approximate surface area is 152 Å².